The number of benzene rings is 3. The van der Waals surface area contributed by atoms with Crippen molar-refractivity contribution < 1.29 is 26.3 Å². The maximum absolute atomic E-state index is 14.5. The van der Waals surface area contributed by atoms with Crippen molar-refractivity contribution >= 4 is 10.8 Å². The normalized spacial score (nSPS) is 18.3. The zero-order valence-corrected chi connectivity index (χ0v) is 18.1. The van der Waals surface area contributed by atoms with E-state index >= 15 is 0 Å². The molecule has 172 valence electrons. The van der Waals surface area contributed by atoms with Crippen LogP contribution in [0.4, 0.5) is 26.3 Å². The van der Waals surface area contributed by atoms with Gasteiger partial charge in [0.1, 0.15) is 17.5 Å². The molecule has 0 saturated heterocycles. The second kappa shape index (κ2) is 9.51. The predicted octanol–water partition coefficient (Wildman–Crippen LogP) is 7.95. The van der Waals surface area contributed by atoms with Crippen LogP contribution in [0.5, 0.6) is 0 Å². The molecule has 0 heterocycles. The average molecular weight is 460 g/mol. The molecule has 0 radical (unpaired) electrons. The van der Waals surface area contributed by atoms with Crippen molar-refractivity contribution in [2.75, 3.05) is 0 Å². The molecular weight excluding hydrogens is 438 g/mol. The van der Waals surface area contributed by atoms with E-state index in [1.54, 1.807) is 0 Å². The van der Waals surface area contributed by atoms with Crippen LogP contribution in [0.1, 0.15) is 61.6 Å². The summed E-state index contributed by atoms with van der Waals surface area (Å²) in [5, 5.41) is -0.591. The van der Waals surface area contributed by atoms with Gasteiger partial charge in [0.05, 0.1) is 10.9 Å². The van der Waals surface area contributed by atoms with Crippen LogP contribution in [0.15, 0.2) is 30.3 Å². The highest BCUT2D eigenvalue weighted by Gasteiger charge is 2.24. The number of hydrogen-bond donors (Lipinski definition) is 0. The molecule has 1 saturated carbocycles. The van der Waals surface area contributed by atoms with E-state index in [0.29, 0.717) is 43.2 Å². The van der Waals surface area contributed by atoms with Crippen LogP contribution in [0.25, 0.3) is 10.8 Å². The number of rotatable bonds is 3. The predicted molar refractivity (Wildman–Crippen MR) is 116 cm³/mol. The fourth-order valence-electron chi connectivity index (χ4n) is 4.57. The standard InChI is InChI=1S/C27H22F6/c1-2-3-16-10-21(28)20(22(29)11-16)9-6-15-4-7-17(8-5-15)18-12-19-14-24(31)26(32)27(33)25(19)23(30)13-18/h10-15,17H,2-5,7-8H2,1H3. The zero-order chi connectivity index (χ0) is 23.7. The summed E-state index contributed by atoms with van der Waals surface area (Å²) in [4.78, 5) is 0. The van der Waals surface area contributed by atoms with Gasteiger partial charge < -0.3 is 0 Å². The largest absolute Gasteiger partial charge is 0.206 e. The van der Waals surface area contributed by atoms with E-state index in [1.807, 2.05) is 6.92 Å². The molecule has 0 atom stereocenters. The molecule has 0 unspecified atom stereocenters. The summed E-state index contributed by atoms with van der Waals surface area (Å²) in [5.41, 5.74) is 0.953. The minimum absolute atomic E-state index is 0.0271. The summed E-state index contributed by atoms with van der Waals surface area (Å²) in [6.45, 7) is 1.93. The maximum atomic E-state index is 14.5. The average Bonchev–Trinajstić information content (AvgIpc) is 2.77. The Morgan fingerprint density at radius 1 is 0.758 bits per heavy atom. The molecule has 0 nitrogen and oxygen atoms in total. The molecule has 33 heavy (non-hydrogen) atoms. The Hall–Kier alpha value is -2.94. The van der Waals surface area contributed by atoms with E-state index in [2.05, 4.69) is 11.8 Å². The second-order valence-corrected chi connectivity index (χ2v) is 8.59. The Morgan fingerprint density at radius 3 is 2.06 bits per heavy atom. The lowest BCUT2D eigenvalue weighted by molar-refractivity contribution is 0.384. The molecule has 6 heteroatoms. The van der Waals surface area contributed by atoms with E-state index in [9.17, 15) is 26.3 Å². The fraction of sp³-hybridized carbons (Fsp3) is 0.333. The summed E-state index contributed by atoms with van der Waals surface area (Å²) in [7, 11) is 0. The van der Waals surface area contributed by atoms with E-state index in [1.165, 1.54) is 24.3 Å². The third kappa shape index (κ3) is 4.73. The fourth-order valence-corrected chi connectivity index (χ4v) is 4.57. The summed E-state index contributed by atoms with van der Waals surface area (Å²) in [6.07, 6.45) is 3.93. The van der Waals surface area contributed by atoms with Gasteiger partial charge in [-0.15, -0.1) is 0 Å². The monoisotopic (exact) mass is 460 g/mol. The van der Waals surface area contributed by atoms with E-state index in [-0.39, 0.29) is 22.8 Å². The van der Waals surface area contributed by atoms with Crippen molar-refractivity contribution in [1.82, 2.24) is 0 Å². The summed E-state index contributed by atoms with van der Waals surface area (Å²) >= 11 is 0. The number of halogens is 6. The smallest absolute Gasteiger partial charge is 0.195 e. The minimum Gasteiger partial charge on any atom is -0.206 e. The first-order valence-electron chi connectivity index (χ1n) is 11.0. The topological polar surface area (TPSA) is 0 Å². The molecule has 3 aromatic carbocycles. The SMILES string of the molecule is CCCc1cc(F)c(C#CC2CCC(c3cc(F)c4c(F)c(F)c(F)cc4c3)CC2)c(F)c1. The molecule has 0 spiro atoms. The first-order valence-corrected chi connectivity index (χ1v) is 11.0. The van der Waals surface area contributed by atoms with Gasteiger partial charge in [0.25, 0.3) is 0 Å². The molecule has 0 aliphatic heterocycles. The summed E-state index contributed by atoms with van der Waals surface area (Å²) < 4.78 is 84.0. The van der Waals surface area contributed by atoms with Gasteiger partial charge >= 0.3 is 0 Å². The van der Waals surface area contributed by atoms with Crippen molar-refractivity contribution in [3.05, 3.63) is 81.9 Å². The molecule has 0 aromatic heterocycles. The van der Waals surface area contributed by atoms with Crippen LogP contribution in [0.3, 0.4) is 0 Å². The minimum atomic E-state index is -1.69. The van der Waals surface area contributed by atoms with Crippen LogP contribution in [-0.2, 0) is 6.42 Å². The molecule has 1 fully saturated rings. The lowest BCUT2D eigenvalue weighted by Crippen LogP contribution is -2.12. The first-order chi connectivity index (χ1) is 15.8. The van der Waals surface area contributed by atoms with E-state index in [4.69, 9.17) is 0 Å². The lowest BCUT2D eigenvalue weighted by Gasteiger charge is -2.26. The van der Waals surface area contributed by atoms with Crippen molar-refractivity contribution in [3.63, 3.8) is 0 Å². The molecule has 1 aliphatic carbocycles. The van der Waals surface area contributed by atoms with Gasteiger partial charge in [-0.25, -0.2) is 26.3 Å². The number of hydrogen-bond acceptors (Lipinski definition) is 0. The molecular formula is C27H22F6. The second-order valence-electron chi connectivity index (χ2n) is 8.59. The van der Waals surface area contributed by atoms with Gasteiger partial charge in [0.2, 0.25) is 0 Å². The summed E-state index contributed by atoms with van der Waals surface area (Å²) in [5.74, 6) is -1.36. The highest BCUT2D eigenvalue weighted by Crippen LogP contribution is 2.38. The van der Waals surface area contributed by atoms with Crippen molar-refractivity contribution in [3.8, 4) is 11.8 Å². The van der Waals surface area contributed by atoms with Gasteiger partial charge in [-0.2, -0.15) is 0 Å². The third-order valence-electron chi connectivity index (χ3n) is 6.29. The Kier molecular flexibility index (Phi) is 6.69. The molecule has 1 aliphatic rings. The highest BCUT2D eigenvalue weighted by molar-refractivity contribution is 5.84. The van der Waals surface area contributed by atoms with Gasteiger partial charge in [-0.3, -0.25) is 0 Å². The van der Waals surface area contributed by atoms with Crippen molar-refractivity contribution in [2.45, 2.75) is 51.4 Å². The Morgan fingerprint density at radius 2 is 1.42 bits per heavy atom. The van der Waals surface area contributed by atoms with Gasteiger partial charge in [0.15, 0.2) is 17.5 Å². The zero-order valence-electron chi connectivity index (χ0n) is 18.1. The lowest BCUT2D eigenvalue weighted by atomic mass is 9.78. The van der Waals surface area contributed by atoms with Crippen LogP contribution in [-0.4, -0.2) is 0 Å². The number of fused-ring (bicyclic) bond motifs is 1. The van der Waals surface area contributed by atoms with Crippen LogP contribution >= 0.6 is 0 Å². The van der Waals surface area contributed by atoms with Crippen molar-refractivity contribution in [2.24, 2.45) is 5.92 Å². The van der Waals surface area contributed by atoms with Crippen LogP contribution in [0, 0.1) is 52.7 Å². The van der Waals surface area contributed by atoms with E-state index < -0.39 is 40.3 Å². The molecule has 0 bridgehead atoms. The molecule has 4 rings (SSSR count). The first kappa shape index (κ1) is 23.2. The van der Waals surface area contributed by atoms with Crippen molar-refractivity contribution in [1.29, 1.82) is 0 Å². The van der Waals surface area contributed by atoms with Gasteiger partial charge in [0, 0.05) is 5.92 Å². The van der Waals surface area contributed by atoms with Gasteiger partial charge in [-0.1, -0.05) is 31.3 Å². The Labute approximate surface area is 188 Å². The third-order valence-corrected chi connectivity index (χ3v) is 6.29. The van der Waals surface area contributed by atoms with E-state index in [0.717, 1.165) is 12.5 Å². The van der Waals surface area contributed by atoms with Crippen LogP contribution < -0.4 is 0 Å². The van der Waals surface area contributed by atoms with Crippen LogP contribution in [0.2, 0.25) is 0 Å². The quantitative estimate of drug-likeness (QED) is 0.211. The maximum Gasteiger partial charge on any atom is 0.195 e. The Bertz CT molecular complexity index is 1240. The highest BCUT2D eigenvalue weighted by atomic mass is 19.2. The number of aryl methyl sites for hydroxylation is 1. The Balaban J connectivity index is 1.49. The molecule has 3 aromatic rings. The molecule has 0 amide bonds. The summed E-state index contributed by atoms with van der Waals surface area (Å²) in [6, 6.07) is 6.09. The molecule has 0 N–H and O–H groups in total. The van der Waals surface area contributed by atoms with Gasteiger partial charge in [-0.05, 0) is 78.8 Å².